The molecule has 1 amide bonds. The number of carbonyl (C=O) groups excluding carboxylic acids is 1. The summed E-state index contributed by atoms with van der Waals surface area (Å²) in [6, 6.07) is 7.72. The lowest BCUT2D eigenvalue weighted by atomic mass is 10.1. The van der Waals surface area contributed by atoms with Crippen molar-refractivity contribution in [3.05, 3.63) is 36.8 Å². The third-order valence-corrected chi connectivity index (χ3v) is 3.33. The van der Waals surface area contributed by atoms with E-state index in [1.54, 1.807) is 12.5 Å². The van der Waals surface area contributed by atoms with Gasteiger partial charge in [0.25, 0.3) is 0 Å². The van der Waals surface area contributed by atoms with Gasteiger partial charge < -0.3 is 10.3 Å². The molecular weight excluding hydrogens is 306 g/mol. The molecule has 1 heterocycles. The van der Waals surface area contributed by atoms with Crippen molar-refractivity contribution in [2.75, 3.05) is 10.6 Å². The number of imidazole rings is 1. The second-order valence-electron chi connectivity index (χ2n) is 4.24. The Morgan fingerprint density at radius 1 is 1.26 bits per heavy atom. The number of benzene rings is 1. The van der Waals surface area contributed by atoms with Crippen LogP contribution >= 0.6 is 15.9 Å². The zero-order chi connectivity index (χ0) is 13.5. The standard InChI is InChI=1S/C14H16BrN3O/c15-8-2-1-3-14(19)18-12-6-4-11(5-7-12)13-9-16-10-17-13/h4-7,9-10H,1-3,8H2,(H,16,17)(H,18,19). The third kappa shape index (κ3) is 4.21. The number of nitrogens with one attached hydrogen (secondary N) is 2. The Morgan fingerprint density at radius 2 is 2.05 bits per heavy atom. The number of rotatable bonds is 6. The first-order chi connectivity index (χ1) is 9.29. The Bertz CT molecular complexity index is 508. The van der Waals surface area contributed by atoms with Gasteiger partial charge in [-0.3, -0.25) is 4.79 Å². The van der Waals surface area contributed by atoms with E-state index < -0.39 is 0 Å². The number of alkyl halides is 1. The molecule has 1 aromatic carbocycles. The van der Waals surface area contributed by atoms with E-state index in [-0.39, 0.29) is 5.91 Å². The number of unbranched alkanes of at least 4 members (excludes halogenated alkanes) is 1. The highest BCUT2D eigenvalue weighted by Crippen LogP contribution is 2.18. The van der Waals surface area contributed by atoms with Crippen LogP contribution in [0.2, 0.25) is 0 Å². The number of halogens is 1. The van der Waals surface area contributed by atoms with Crippen LogP contribution in [0.25, 0.3) is 11.3 Å². The first kappa shape index (κ1) is 13.8. The molecule has 100 valence electrons. The summed E-state index contributed by atoms with van der Waals surface area (Å²) in [6.07, 6.45) is 5.91. The van der Waals surface area contributed by atoms with Crippen molar-refractivity contribution in [2.24, 2.45) is 0 Å². The Balaban J connectivity index is 1.90. The fourth-order valence-corrected chi connectivity index (χ4v) is 2.15. The average Bonchev–Trinajstić information content (AvgIpc) is 2.94. The van der Waals surface area contributed by atoms with E-state index in [0.717, 1.165) is 35.1 Å². The van der Waals surface area contributed by atoms with E-state index in [4.69, 9.17) is 0 Å². The van der Waals surface area contributed by atoms with Crippen LogP contribution in [0, 0.1) is 0 Å². The molecule has 0 saturated heterocycles. The van der Waals surface area contributed by atoms with Gasteiger partial charge in [-0.2, -0.15) is 0 Å². The van der Waals surface area contributed by atoms with Gasteiger partial charge in [-0.1, -0.05) is 28.1 Å². The molecule has 1 aromatic heterocycles. The fourth-order valence-electron chi connectivity index (χ4n) is 1.75. The molecule has 4 nitrogen and oxygen atoms in total. The third-order valence-electron chi connectivity index (χ3n) is 2.77. The van der Waals surface area contributed by atoms with Crippen molar-refractivity contribution >= 4 is 27.5 Å². The van der Waals surface area contributed by atoms with Gasteiger partial charge in [0, 0.05) is 17.4 Å². The molecule has 19 heavy (non-hydrogen) atoms. The van der Waals surface area contributed by atoms with Crippen molar-refractivity contribution in [1.82, 2.24) is 9.97 Å². The van der Waals surface area contributed by atoms with Crippen LogP contribution in [0.4, 0.5) is 5.69 Å². The summed E-state index contributed by atoms with van der Waals surface area (Å²) in [5.41, 5.74) is 2.84. The molecule has 2 rings (SSSR count). The number of H-pyrrole nitrogens is 1. The van der Waals surface area contributed by atoms with Gasteiger partial charge in [0.2, 0.25) is 5.91 Å². The predicted octanol–water partition coefficient (Wildman–Crippen LogP) is 3.58. The molecule has 0 aliphatic rings. The molecule has 0 spiro atoms. The van der Waals surface area contributed by atoms with E-state index >= 15 is 0 Å². The molecule has 0 fully saturated rings. The Morgan fingerprint density at radius 3 is 2.68 bits per heavy atom. The molecule has 2 aromatic rings. The molecule has 0 radical (unpaired) electrons. The Kier molecular flexibility index (Phi) is 5.15. The summed E-state index contributed by atoms with van der Waals surface area (Å²) in [4.78, 5) is 18.7. The lowest BCUT2D eigenvalue weighted by Crippen LogP contribution is -2.10. The van der Waals surface area contributed by atoms with Crippen LogP contribution < -0.4 is 5.32 Å². The average molecular weight is 322 g/mol. The van der Waals surface area contributed by atoms with E-state index in [2.05, 4.69) is 31.2 Å². The van der Waals surface area contributed by atoms with E-state index in [1.165, 1.54) is 0 Å². The summed E-state index contributed by atoms with van der Waals surface area (Å²) in [6.45, 7) is 0. The van der Waals surface area contributed by atoms with Gasteiger partial charge in [0.1, 0.15) is 0 Å². The highest BCUT2D eigenvalue weighted by atomic mass is 79.9. The minimum absolute atomic E-state index is 0.0650. The highest BCUT2D eigenvalue weighted by molar-refractivity contribution is 9.09. The molecular formula is C14H16BrN3O. The maximum Gasteiger partial charge on any atom is 0.224 e. The summed E-state index contributed by atoms with van der Waals surface area (Å²) in [5.74, 6) is 0.0650. The number of aromatic amines is 1. The van der Waals surface area contributed by atoms with Crippen molar-refractivity contribution in [1.29, 1.82) is 0 Å². The molecule has 5 heteroatoms. The van der Waals surface area contributed by atoms with Crippen molar-refractivity contribution < 1.29 is 4.79 Å². The van der Waals surface area contributed by atoms with Crippen LogP contribution in [0.3, 0.4) is 0 Å². The van der Waals surface area contributed by atoms with Crippen molar-refractivity contribution in [2.45, 2.75) is 19.3 Å². The van der Waals surface area contributed by atoms with Gasteiger partial charge in [0.05, 0.1) is 18.2 Å². The van der Waals surface area contributed by atoms with Crippen LogP contribution in [0.15, 0.2) is 36.8 Å². The largest absolute Gasteiger partial charge is 0.345 e. The number of nitrogens with zero attached hydrogens (tertiary/aromatic N) is 1. The Hall–Kier alpha value is -1.62. The van der Waals surface area contributed by atoms with E-state index in [0.29, 0.717) is 6.42 Å². The highest BCUT2D eigenvalue weighted by Gasteiger charge is 2.03. The van der Waals surface area contributed by atoms with Crippen LogP contribution in [0.5, 0.6) is 0 Å². The van der Waals surface area contributed by atoms with Crippen molar-refractivity contribution in [3.63, 3.8) is 0 Å². The number of aromatic nitrogens is 2. The minimum Gasteiger partial charge on any atom is -0.345 e. The zero-order valence-electron chi connectivity index (χ0n) is 10.5. The van der Waals surface area contributed by atoms with Crippen LogP contribution in [0.1, 0.15) is 19.3 Å². The fraction of sp³-hybridized carbons (Fsp3) is 0.286. The summed E-state index contributed by atoms with van der Waals surface area (Å²) >= 11 is 3.35. The summed E-state index contributed by atoms with van der Waals surface area (Å²) in [7, 11) is 0. The normalized spacial score (nSPS) is 10.4. The summed E-state index contributed by atoms with van der Waals surface area (Å²) in [5, 5.41) is 3.84. The van der Waals surface area contributed by atoms with Gasteiger partial charge in [-0.15, -0.1) is 0 Å². The van der Waals surface area contributed by atoms with Crippen LogP contribution in [-0.2, 0) is 4.79 Å². The quantitative estimate of drug-likeness (QED) is 0.631. The number of hydrogen-bond donors (Lipinski definition) is 2. The molecule has 0 saturated carbocycles. The number of anilines is 1. The van der Waals surface area contributed by atoms with Gasteiger partial charge in [0.15, 0.2) is 0 Å². The monoisotopic (exact) mass is 321 g/mol. The SMILES string of the molecule is O=C(CCCCBr)Nc1ccc(-c2cnc[nH]2)cc1. The lowest BCUT2D eigenvalue weighted by Gasteiger charge is -2.05. The van der Waals surface area contributed by atoms with Gasteiger partial charge >= 0.3 is 0 Å². The van der Waals surface area contributed by atoms with Gasteiger partial charge in [-0.05, 0) is 30.5 Å². The van der Waals surface area contributed by atoms with Crippen LogP contribution in [-0.4, -0.2) is 21.2 Å². The summed E-state index contributed by atoms with van der Waals surface area (Å²) < 4.78 is 0. The maximum absolute atomic E-state index is 11.7. The first-order valence-corrected chi connectivity index (χ1v) is 7.36. The first-order valence-electron chi connectivity index (χ1n) is 6.24. The van der Waals surface area contributed by atoms with E-state index in [1.807, 2.05) is 24.3 Å². The van der Waals surface area contributed by atoms with E-state index in [9.17, 15) is 4.79 Å². The zero-order valence-corrected chi connectivity index (χ0v) is 12.1. The molecule has 0 aliphatic carbocycles. The predicted molar refractivity (Wildman–Crippen MR) is 80.3 cm³/mol. The smallest absolute Gasteiger partial charge is 0.224 e. The Labute approximate surface area is 120 Å². The van der Waals surface area contributed by atoms with Crippen molar-refractivity contribution in [3.8, 4) is 11.3 Å². The molecule has 0 unspecified atom stereocenters. The number of amides is 1. The molecule has 0 bridgehead atoms. The minimum atomic E-state index is 0.0650. The van der Waals surface area contributed by atoms with Gasteiger partial charge in [-0.25, -0.2) is 4.98 Å². The molecule has 2 N–H and O–H groups in total. The number of hydrogen-bond acceptors (Lipinski definition) is 2. The molecule has 0 aliphatic heterocycles. The second-order valence-corrected chi connectivity index (χ2v) is 5.03. The topological polar surface area (TPSA) is 57.8 Å². The number of carbonyl (C=O) groups is 1. The molecule has 0 atom stereocenters. The maximum atomic E-state index is 11.7. The lowest BCUT2D eigenvalue weighted by molar-refractivity contribution is -0.116. The second kappa shape index (κ2) is 7.09.